The Morgan fingerprint density at radius 2 is 1.88 bits per heavy atom. The SMILES string of the molecule is Cn1c2c(cc(Nc3ncc4ccnc(N5CCC(F)(F)CC5)c4n3)c1=O)CN(CCOCc1ccccc1)CC2. The summed E-state index contributed by atoms with van der Waals surface area (Å²) >= 11 is 0. The highest BCUT2D eigenvalue weighted by molar-refractivity contribution is 5.89. The second-order valence-corrected chi connectivity index (χ2v) is 10.7. The summed E-state index contributed by atoms with van der Waals surface area (Å²) in [4.78, 5) is 30.9. The number of nitrogens with one attached hydrogen (secondary N) is 1. The fourth-order valence-electron chi connectivity index (χ4n) is 5.52. The summed E-state index contributed by atoms with van der Waals surface area (Å²) in [6, 6.07) is 13.8. The van der Waals surface area contributed by atoms with Crippen molar-refractivity contribution in [2.45, 2.75) is 38.3 Å². The number of nitrogens with zero attached hydrogens (tertiary/aromatic N) is 6. The van der Waals surface area contributed by atoms with Crippen molar-refractivity contribution in [3.63, 3.8) is 0 Å². The summed E-state index contributed by atoms with van der Waals surface area (Å²) in [6.07, 6.45) is 3.63. The van der Waals surface area contributed by atoms with E-state index in [1.54, 1.807) is 30.1 Å². The molecule has 0 bridgehead atoms. The molecule has 0 unspecified atom stereocenters. The van der Waals surface area contributed by atoms with Gasteiger partial charge in [-0.05, 0) is 23.3 Å². The molecule has 2 aliphatic heterocycles. The fraction of sp³-hybridized carbons (Fsp3) is 0.400. The first-order valence-electron chi connectivity index (χ1n) is 13.9. The second-order valence-electron chi connectivity index (χ2n) is 10.7. The predicted octanol–water partition coefficient (Wildman–Crippen LogP) is 4.28. The van der Waals surface area contributed by atoms with E-state index in [-0.39, 0.29) is 37.4 Å². The summed E-state index contributed by atoms with van der Waals surface area (Å²) in [5, 5.41) is 3.87. The van der Waals surface area contributed by atoms with Crippen LogP contribution in [0.1, 0.15) is 29.7 Å². The minimum absolute atomic E-state index is 0.156. The topological polar surface area (TPSA) is 88.4 Å². The molecule has 0 aliphatic carbocycles. The van der Waals surface area contributed by atoms with E-state index in [2.05, 4.69) is 37.3 Å². The third-order valence-corrected chi connectivity index (χ3v) is 7.87. The van der Waals surface area contributed by atoms with Crippen molar-refractivity contribution in [2.75, 3.05) is 43.0 Å². The Balaban J connectivity index is 1.17. The molecule has 1 aromatic carbocycles. The Morgan fingerprint density at radius 1 is 1.07 bits per heavy atom. The smallest absolute Gasteiger partial charge is 0.274 e. The van der Waals surface area contributed by atoms with Gasteiger partial charge < -0.3 is 19.5 Å². The van der Waals surface area contributed by atoms with Crippen LogP contribution < -0.4 is 15.8 Å². The van der Waals surface area contributed by atoms with Gasteiger partial charge in [0.1, 0.15) is 11.2 Å². The maximum atomic E-state index is 13.7. The zero-order valence-electron chi connectivity index (χ0n) is 23.0. The summed E-state index contributed by atoms with van der Waals surface area (Å²) in [5.41, 5.74) is 4.04. The van der Waals surface area contributed by atoms with E-state index in [0.29, 0.717) is 36.8 Å². The maximum absolute atomic E-state index is 13.7. The number of aromatic nitrogens is 4. The minimum Gasteiger partial charge on any atom is -0.375 e. The van der Waals surface area contributed by atoms with Gasteiger partial charge in [-0.3, -0.25) is 9.69 Å². The number of hydrogen-bond donors (Lipinski definition) is 1. The molecule has 11 heteroatoms. The number of halogens is 2. The molecule has 0 atom stereocenters. The number of fused-ring (bicyclic) bond motifs is 2. The molecule has 5 heterocycles. The monoisotopic (exact) mass is 561 g/mol. The van der Waals surface area contributed by atoms with Crippen molar-refractivity contribution >= 4 is 28.4 Å². The zero-order valence-corrected chi connectivity index (χ0v) is 23.0. The average molecular weight is 562 g/mol. The largest absolute Gasteiger partial charge is 0.375 e. The van der Waals surface area contributed by atoms with E-state index >= 15 is 0 Å². The Kier molecular flexibility index (Phi) is 7.63. The van der Waals surface area contributed by atoms with Gasteiger partial charge in [0.15, 0.2) is 5.82 Å². The van der Waals surface area contributed by atoms with Gasteiger partial charge in [0.25, 0.3) is 11.5 Å². The van der Waals surface area contributed by atoms with Gasteiger partial charge in [0, 0.05) is 82.5 Å². The molecule has 1 saturated heterocycles. The number of pyridine rings is 2. The Labute approximate surface area is 236 Å². The molecule has 3 aromatic heterocycles. The molecule has 214 valence electrons. The van der Waals surface area contributed by atoms with Gasteiger partial charge in [-0.1, -0.05) is 30.3 Å². The summed E-state index contributed by atoms with van der Waals surface area (Å²) < 4.78 is 35.1. The van der Waals surface area contributed by atoms with Gasteiger partial charge in [0.2, 0.25) is 5.95 Å². The molecule has 1 N–H and O–H groups in total. The van der Waals surface area contributed by atoms with Crippen molar-refractivity contribution in [1.82, 2.24) is 24.4 Å². The van der Waals surface area contributed by atoms with Crippen LogP contribution in [-0.2, 0) is 31.4 Å². The molecule has 41 heavy (non-hydrogen) atoms. The molecule has 0 spiro atoms. The molecule has 4 aromatic rings. The normalized spacial score (nSPS) is 17.0. The van der Waals surface area contributed by atoms with E-state index in [9.17, 15) is 13.6 Å². The molecule has 2 aliphatic rings. The number of ether oxygens (including phenoxy) is 1. The highest BCUT2D eigenvalue weighted by Gasteiger charge is 2.35. The van der Waals surface area contributed by atoms with Crippen LogP contribution in [0.25, 0.3) is 10.9 Å². The van der Waals surface area contributed by atoms with E-state index in [1.165, 1.54) is 0 Å². The van der Waals surface area contributed by atoms with Crippen molar-refractivity contribution < 1.29 is 13.5 Å². The highest BCUT2D eigenvalue weighted by atomic mass is 19.3. The van der Waals surface area contributed by atoms with Gasteiger partial charge >= 0.3 is 0 Å². The lowest BCUT2D eigenvalue weighted by atomic mass is 10.0. The number of piperidine rings is 1. The minimum atomic E-state index is -2.65. The lowest BCUT2D eigenvalue weighted by Crippen LogP contribution is -2.39. The van der Waals surface area contributed by atoms with Crippen LogP contribution in [0, 0.1) is 0 Å². The van der Waals surface area contributed by atoms with Gasteiger partial charge in [-0.2, -0.15) is 0 Å². The second kappa shape index (κ2) is 11.5. The van der Waals surface area contributed by atoms with Crippen LogP contribution in [0.15, 0.2) is 59.7 Å². The molecule has 0 amide bonds. The molecule has 6 rings (SSSR count). The number of rotatable bonds is 8. The van der Waals surface area contributed by atoms with Crippen molar-refractivity contribution in [3.05, 3.63) is 82.0 Å². The molecular weight excluding hydrogens is 528 g/mol. The van der Waals surface area contributed by atoms with Crippen LogP contribution in [0.2, 0.25) is 0 Å². The third-order valence-electron chi connectivity index (χ3n) is 7.87. The first-order valence-corrected chi connectivity index (χ1v) is 13.9. The van der Waals surface area contributed by atoms with Crippen LogP contribution in [0.5, 0.6) is 0 Å². The standard InChI is InChI=1S/C30H33F2N7O2/c1-37-25-8-12-38(15-16-41-20-21-5-3-2-4-6-21)19-23(25)17-24(28(37)40)35-29-34-18-22-7-11-33-27(26(22)36-29)39-13-9-30(31,32)10-14-39/h2-7,11,17-18H,8-10,12-16,19-20H2,1H3,(H,34,35,36). The van der Waals surface area contributed by atoms with Crippen LogP contribution >= 0.6 is 0 Å². The first kappa shape index (κ1) is 27.2. The van der Waals surface area contributed by atoms with Crippen molar-refractivity contribution in [1.29, 1.82) is 0 Å². The van der Waals surface area contributed by atoms with Crippen LogP contribution in [0.4, 0.5) is 26.2 Å². The number of anilines is 3. The van der Waals surface area contributed by atoms with E-state index in [1.807, 2.05) is 29.2 Å². The maximum Gasteiger partial charge on any atom is 0.274 e. The van der Waals surface area contributed by atoms with E-state index in [0.717, 1.165) is 41.7 Å². The molecule has 1 fully saturated rings. The number of hydrogen-bond acceptors (Lipinski definition) is 8. The third kappa shape index (κ3) is 6.06. The lowest BCUT2D eigenvalue weighted by Gasteiger charge is -2.32. The molecule has 9 nitrogen and oxygen atoms in total. The summed E-state index contributed by atoms with van der Waals surface area (Å²) in [6.45, 7) is 3.96. The summed E-state index contributed by atoms with van der Waals surface area (Å²) in [5.74, 6) is -1.85. The first-order chi connectivity index (χ1) is 19.9. The predicted molar refractivity (Wildman–Crippen MR) is 154 cm³/mol. The van der Waals surface area contributed by atoms with Gasteiger partial charge in [-0.25, -0.2) is 23.7 Å². The van der Waals surface area contributed by atoms with Crippen LogP contribution in [0.3, 0.4) is 0 Å². The van der Waals surface area contributed by atoms with E-state index in [4.69, 9.17) is 4.74 Å². The molecule has 0 radical (unpaired) electrons. The average Bonchev–Trinajstić information content (AvgIpc) is 2.98. The Bertz CT molecular complexity index is 1590. The highest BCUT2D eigenvalue weighted by Crippen LogP contribution is 2.32. The zero-order chi connectivity index (χ0) is 28.4. The molecule has 0 saturated carbocycles. The van der Waals surface area contributed by atoms with Crippen LogP contribution in [-0.4, -0.2) is 63.1 Å². The number of alkyl halides is 2. The number of benzene rings is 1. The van der Waals surface area contributed by atoms with Gasteiger partial charge in [-0.15, -0.1) is 0 Å². The molecular formula is C30H33F2N7O2. The van der Waals surface area contributed by atoms with Gasteiger partial charge in [0.05, 0.1) is 13.2 Å². The van der Waals surface area contributed by atoms with E-state index < -0.39 is 5.92 Å². The fourth-order valence-corrected chi connectivity index (χ4v) is 5.52. The van der Waals surface area contributed by atoms with Crippen molar-refractivity contribution in [3.8, 4) is 0 Å². The lowest BCUT2D eigenvalue weighted by molar-refractivity contribution is -0.0221. The summed E-state index contributed by atoms with van der Waals surface area (Å²) in [7, 11) is 1.79. The Hall–Kier alpha value is -3.96. The quantitative estimate of drug-likeness (QED) is 0.319. The van der Waals surface area contributed by atoms with Crippen molar-refractivity contribution in [2.24, 2.45) is 7.05 Å². The Morgan fingerprint density at radius 3 is 2.68 bits per heavy atom.